The molecule has 5 nitrogen and oxygen atoms in total. The van der Waals surface area contributed by atoms with E-state index in [1.807, 2.05) is 6.07 Å². The van der Waals surface area contributed by atoms with Crippen molar-refractivity contribution in [1.29, 1.82) is 5.26 Å². The zero-order valence-electron chi connectivity index (χ0n) is 9.94. The van der Waals surface area contributed by atoms with E-state index in [0.29, 0.717) is 17.1 Å². The Kier molecular flexibility index (Phi) is 3.55. The van der Waals surface area contributed by atoms with E-state index in [2.05, 4.69) is 15.3 Å². The van der Waals surface area contributed by atoms with Crippen molar-refractivity contribution < 1.29 is 4.74 Å². The minimum absolute atomic E-state index is 0.349. The molecule has 0 aromatic carbocycles. The minimum Gasteiger partial charge on any atom is -0.385 e. The Labute approximate surface area is 101 Å². The summed E-state index contributed by atoms with van der Waals surface area (Å²) in [7, 11) is 1.73. The quantitative estimate of drug-likeness (QED) is 0.806. The van der Waals surface area contributed by atoms with Crippen LogP contribution in [0, 0.1) is 16.7 Å². The van der Waals surface area contributed by atoms with Crippen LogP contribution in [-0.2, 0) is 4.74 Å². The van der Waals surface area contributed by atoms with Gasteiger partial charge in [-0.1, -0.05) is 0 Å². The molecule has 0 amide bonds. The molecule has 0 spiro atoms. The standard InChI is InChI=1S/C12H16N4O/c1-17-7-5-12(3-4-12)9-15-11-14-6-2-10(8-13)16-11/h2,6H,3-5,7,9H2,1H3,(H,14,15,16). The first-order valence-corrected chi connectivity index (χ1v) is 5.74. The number of nitrogens with one attached hydrogen (secondary N) is 1. The normalized spacial score (nSPS) is 16.2. The number of hydrogen-bond donors (Lipinski definition) is 1. The fraction of sp³-hybridized carbons (Fsp3) is 0.583. The molecule has 1 fully saturated rings. The minimum atomic E-state index is 0.349. The van der Waals surface area contributed by atoms with Gasteiger partial charge >= 0.3 is 0 Å². The van der Waals surface area contributed by atoms with Crippen LogP contribution in [-0.4, -0.2) is 30.2 Å². The lowest BCUT2D eigenvalue weighted by atomic mass is 10.0. The molecule has 90 valence electrons. The Balaban J connectivity index is 1.87. The van der Waals surface area contributed by atoms with Crippen molar-refractivity contribution >= 4 is 5.95 Å². The van der Waals surface area contributed by atoms with Crippen molar-refractivity contribution in [2.45, 2.75) is 19.3 Å². The smallest absolute Gasteiger partial charge is 0.223 e. The van der Waals surface area contributed by atoms with Gasteiger partial charge in [0, 0.05) is 26.5 Å². The lowest BCUT2D eigenvalue weighted by Gasteiger charge is -2.15. The van der Waals surface area contributed by atoms with Crippen LogP contribution in [0.3, 0.4) is 0 Å². The summed E-state index contributed by atoms with van der Waals surface area (Å²) < 4.78 is 5.10. The van der Waals surface area contributed by atoms with Gasteiger partial charge in [0.2, 0.25) is 5.95 Å². The van der Waals surface area contributed by atoms with Crippen molar-refractivity contribution in [3.05, 3.63) is 18.0 Å². The van der Waals surface area contributed by atoms with E-state index in [9.17, 15) is 0 Å². The first-order chi connectivity index (χ1) is 8.28. The Bertz CT molecular complexity index is 423. The summed E-state index contributed by atoms with van der Waals surface area (Å²) in [4.78, 5) is 8.18. The zero-order valence-corrected chi connectivity index (χ0v) is 9.94. The third-order valence-corrected chi connectivity index (χ3v) is 3.19. The highest BCUT2D eigenvalue weighted by Crippen LogP contribution is 2.48. The molecule has 1 aromatic heterocycles. The average molecular weight is 232 g/mol. The van der Waals surface area contributed by atoms with Gasteiger partial charge in [-0.2, -0.15) is 5.26 Å². The molecule has 0 atom stereocenters. The highest BCUT2D eigenvalue weighted by atomic mass is 16.5. The maximum absolute atomic E-state index is 8.73. The summed E-state index contributed by atoms with van der Waals surface area (Å²) in [5.74, 6) is 0.535. The lowest BCUT2D eigenvalue weighted by molar-refractivity contribution is 0.175. The van der Waals surface area contributed by atoms with Crippen molar-refractivity contribution in [3.63, 3.8) is 0 Å². The third-order valence-electron chi connectivity index (χ3n) is 3.19. The van der Waals surface area contributed by atoms with E-state index in [1.54, 1.807) is 19.4 Å². The monoisotopic (exact) mass is 232 g/mol. The maximum atomic E-state index is 8.73. The molecular formula is C12H16N4O. The molecule has 0 saturated heterocycles. The largest absolute Gasteiger partial charge is 0.385 e. The van der Waals surface area contributed by atoms with Gasteiger partial charge in [0.15, 0.2) is 0 Å². The van der Waals surface area contributed by atoms with E-state index >= 15 is 0 Å². The van der Waals surface area contributed by atoms with E-state index in [-0.39, 0.29) is 0 Å². The van der Waals surface area contributed by atoms with Crippen LogP contribution >= 0.6 is 0 Å². The molecule has 17 heavy (non-hydrogen) atoms. The summed E-state index contributed by atoms with van der Waals surface area (Å²) in [5.41, 5.74) is 0.742. The molecule has 1 N–H and O–H groups in total. The summed E-state index contributed by atoms with van der Waals surface area (Å²) >= 11 is 0. The highest BCUT2D eigenvalue weighted by molar-refractivity contribution is 5.30. The van der Waals surface area contributed by atoms with Crippen molar-refractivity contribution in [2.24, 2.45) is 5.41 Å². The molecule has 0 bridgehead atoms. The number of methoxy groups -OCH3 is 1. The van der Waals surface area contributed by atoms with E-state index in [4.69, 9.17) is 10.00 Å². The SMILES string of the molecule is COCCC1(CNc2nccc(C#N)n2)CC1. The summed E-state index contributed by atoms with van der Waals surface area (Å²) in [5, 5.41) is 11.9. The topological polar surface area (TPSA) is 70.8 Å². The molecule has 5 heteroatoms. The van der Waals surface area contributed by atoms with Gasteiger partial charge in [-0.05, 0) is 30.7 Å². The second-order valence-corrected chi connectivity index (χ2v) is 4.47. The first kappa shape index (κ1) is 11.8. The highest BCUT2D eigenvalue weighted by Gasteiger charge is 2.41. The number of nitriles is 1. The molecule has 0 unspecified atom stereocenters. The van der Waals surface area contributed by atoms with E-state index < -0.39 is 0 Å². The Morgan fingerprint density at radius 1 is 1.59 bits per heavy atom. The molecule has 1 heterocycles. The molecule has 0 aliphatic heterocycles. The van der Waals surface area contributed by atoms with Crippen LogP contribution in [0.5, 0.6) is 0 Å². The molecule has 1 aliphatic carbocycles. The van der Waals surface area contributed by atoms with Gasteiger partial charge in [-0.15, -0.1) is 0 Å². The van der Waals surface area contributed by atoms with Crippen molar-refractivity contribution in [1.82, 2.24) is 9.97 Å². The molecule has 1 saturated carbocycles. The van der Waals surface area contributed by atoms with Crippen molar-refractivity contribution in [3.8, 4) is 6.07 Å². The second kappa shape index (κ2) is 5.11. The molecule has 1 aromatic rings. The fourth-order valence-corrected chi connectivity index (χ4v) is 1.78. The van der Waals surface area contributed by atoms with E-state index in [0.717, 1.165) is 19.6 Å². The van der Waals surface area contributed by atoms with E-state index in [1.165, 1.54) is 12.8 Å². The first-order valence-electron chi connectivity index (χ1n) is 5.74. The van der Waals surface area contributed by atoms with Gasteiger partial charge in [0.05, 0.1) is 0 Å². The Morgan fingerprint density at radius 3 is 3.06 bits per heavy atom. The summed E-state index contributed by atoms with van der Waals surface area (Å²) in [6.07, 6.45) is 5.11. The Hall–Kier alpha value is -1.67. The molecular weight excluding hydrogens is 216 g/mol. The van der Waals surface area contributed by atoms with Gasteiger partial charge in [0.1, 0.15) is 11.8 Å². The number of aromatic nitrogens is 2. The lowest BCUT2D eigenvalue weighted by Crippen LogP contribution is -2.18. The van der Waals surface area contributed by atoms with Crippen LogP contribution in [0.25, 0.3) is 0 Å². The number of hydrogen-bond acceptors (Lipinski definition) is 5. The molecule has 2 rings (SSSR count). The maximum Gasteiger partial charge on any atom is 0.223 e. The van der Waals surface area contributed by atoms with Gasteiger partial charge in [-0.3, -0.25) is 0 Å². The zero-order chi connectivity index (χ0) is 12.1. The second-order valence-electron chi connectivity index (χ2n) is 4.47. The number of ether oxygens (including phenoxy) is 1. The fourth-order valence-electron chi connectivity index (χ4n) is 1.78. The molecule has 0 radical (unpaired) electrons. The van der Waals surface area contributed by atoms with Crippen LogP contribution < -0.4 is 5.32 Å². The third kappa shape index (κ3) is 3.14. The number of nitrogens with zero attached hydrogens (tertiary/aromatic N) is 3. The van der Waals surface area contributed by atoms with Crippen LogP contribution in [0.4, 0.5) is 5.95 Å². The molecule has 1 aliphatic rings. The van der Waals surface area contributed by atoms with Gasteiger partial charge in [-0.25, -0.2) is 9.97 Å². The predicted molar refractivity (Wildman–Crippen MR) is 63.4 cm³/mol. The summed E-state index contributed by atoms with van der Waals surface area (Å²) in [6.45, 7) is 1.64. The van der Waals surface area contributed by atoms with Crippen LogP contribution in [0.2, 0.25) is 0 Å². The van der Waals surface area contributed by atoms with Crippen LogP contribution in [0.15, 0.2) is 12.3 Å². The number of anilines is 1. The Morgan fingerprint density at radius 2 is 2.41 bits per heavy atom. The predicted octanol–water partition coefficient (Wildman–Crippen LogP) is 1.58. The van der Waals surface area contributed by atoms with Gasteiger partial charge in [0.25, 0.3) is 0 Å². The number of rotatable bonds is 6. The summed E-state index contributed by atoms with van der Waals surface area (Å²) in [6, 6.07) is 3.60. The van der Waals surface area contributed by atoms with Crippen molar-refractivity contribution in [2.75, 3.05) is 25.6 Å². The van der Waals surface area contributed by atoms with Gasteiger partial charge < -0.3 is 10.1 Å². The van der Waals surface area contributed by atoms with Crippen LogP contribution in [0.1, 0.15) is 25.0 Å². The average Bonchev–Trinajstić information content (AvgIpc) is 3.15.